The summed E-state index contributed by atoms with van der Waals surface area (Å²) in [6, 6.07) is 13.0. The number of sulfone groups is 1. The van der Waals surface area contributed by atoms with Crippen molar-refractivity contribution in [3.05, 3.63) is 48.2 Å². The Hall–Kier alpha value is -1.57. The molecular weight excluding hydrogens is 360 g/mol. The summed E-state index contributed by atoms with van der Waals surface area (Å²) in [4.78, 5) is 2.36. The van der Waals surface area contributed by atoms with Gasteiger partial charge in [0.15, 0.2) is 9.84 Å². The molecule has 1 N–H and O–H groups in total. The normalized spacial score (nSPS) is 12.5. The standard InChI is InChI=1S/C17H18N2O2S3/c1-17(2,22)16-10-13(18-19-16)15-8-7-14(23-15)11-5-4-6-12(9-11)24(3,20)21/h4-10,22H,1-3H3,(H,18,19). The lowest BCUT2D eigenvalue weighted by Gasteiger charge is -2.13. The average molecular weight is 379 g/mol. The highest BCUT2D eigenvalue weighted by Crippen LogP contribution is 2.36. The summed E-state index contributed by atoms with van der Waals surface area (Å²) < 4.78 is 23.2. The predicted octanol–water partition coefficient (Wildman–Crippen LogP) is 4.37. The van der Waals surface area contributed by atoms with Crippen molar-refractivity contribution in [1.82, 2.24) is 10.2 Å². The van der Waals surface area contributed by atoms with E-state index in [-0.39, 0.29) is 4.75 Å². The van der Waals surface area contributed by atoms with Gasteiger partial charge in [-0.2, -0.15) is 17.7 Å². The van der Waals surface area contributed by atoms with Gasteiger partial charge in [-0.3, -0.25) is 5.10 Å². The van der Waals surface area contributed by atoms with E-state index >= 15 is 0 Å². The molecular formula is C17H18N2O2S3. The predicted molar refractivity (Wildman–Crippen MR) is 102 cm³/mol. The third-order valence-electron chi connectivity index (χ3n) is 3.64. The molecule has 0 radical (unpaired) electrons. The van der Waals surface area contributed by atoms with Crippen LogP contribution in [0.5, 0.6) is 0 Å². The third-order valence-corrected chi connectivity index (χ3v) is 6.15. The van der Waals surface area contributed by atoms with Gasteiger partial charge in [0.05, 0.1) is 15.5 Å². The van der Waals surface area contributed by atoms with E-state index in [4.69, 9.17) is 0 Å². The van der Waals surface area contributed by atoms with Gasteiger partial charge in [0.1, 0.15) is 5.69 Å². The molecule has 0 bridgehead atoms. The van der Waals surface area contributed by atoms with Crippen LogP contribution in [0.3, 0.4) is 0 Å². The molecule has 1 aromatic carbocycles. The molecule has 3 rings (SSSR count). The molecule has 24 heavy (non-hydrogen) atoms. The summed E-state index contributed by atoms with van der Waals surface area (Å²) in [7, 11) is -3.21. The number of hydrogen-bond donors (Lipinski definition) is 2. The van der Waals surface area contributed by atoms with Crippen LogP contribution >= 0.6 is 24.0 Å². The largest absolute Gasteiger partial charge is 0.281 e. The number of nitrogens with zero attached hydrogens (tertiary/aromatic N) is 1. The van der Waals surface area contributed by atoms with Crippen LogP contribution in [0.2, 0.25) is 0 Å². The number of nitrogens with one attached hydrogen (secondary N) is 1. The Bertz CT molecular complexity index is 979. The molecule has 0 aliphatic heterocycles. The molecule has 126 valence electrons. The smallest absolute Gasteiger partial charge is 0.175 e. The second-order valence-electron chi connectivity index (χ2n) is 6.19. The maximum atomic E-state index is 11.7. The minimum atomic E-state index is -3.21. The maximum Gasteiger partial charge on any atom is 0.175 e. The number of aromatic amines is 1. The van der Waals surface area contributed by atoms with Crippen molar-refractivity contribution in [3.63, 3.8) is 0 Å². The van der Waals surface area contributed by atoms with Gasteiger partial charge in [-0.1, -0.05) is 12.1 Å². The second-order valence-corrected chi connectivity index (χ2v) is 10.4. The highest BCUT2D eigenvalue weighted by Gasteiger charge is 2.19. The molecule has 2 aromatic heterocycles. The average Bonchev–Trinajstić information content (AvgIpc) is 3.15. The second kappa shape index (κ2) is 6.06. The van der Waals surface area contributed by atoms with Crippen molar-refractivity contribution in [2.45, 2.75) is 23.5 Å². The summed E-state index contributed by atoms with van der Waals surface area (Å²) in [6.45, 7) is 4.01. The van der Waals surface area contributed by atoms with E-state index in [1.54, 1.807) is 29.5 Å². The Morgan fingerprint density at radius 2 is 1.83 bits per heavy atom. The summed E-state index contributed by atoms with van der Waals surface area (Å²) >= 11 is 6.13. The zero-order valence-corrected chi connectivity index (χ0v) is 16.1. The van der Waals surface area contributed by atoms with Crippen molar-refractivity contribution in [1.29, 1.82) is 0 Å². The van der Waals surface area contributed by atoms with Crippen LogP contribution in [0.25, 0.3) is 21.0 Å². The Morgan fingerprint density at radius 1 is 1.12 bits per heavy atom. The van der Waals surface area contributed by atoms with E-state index in [1.165, 1.54) is 6.26 Å². The van der Waals surface area contributed by atoms with Gasteiger partial charge in [0.25, 0.3) is 0 Å². The minimum absolute atomic E-state index is 0.283. The molecule has 2 heterocycles. The monoisotopic (exact) mass is 378 g/mol. The molecule has 0 spiro atoms. The summed E-state index contributed by atoms with van der Waals surface area (Å²) in [5.74, 6) is 0. The first-order valence-corrected chi connectivity index (χ1v) is 10.5. The molecule has 0 fully saturated rings. The number of H-pyrrole nitrogens is 1. The highest BCUT2D eigenvalue weighted by atomic mass is 32.2. The lowest BCUT2D eigenvalue weighted by molar-refractivity contribution is 0.602. The molecule has 0 atom stereocenters. The molecule has 0 saturated carbocycles. The lowest BCUT2D eigenvalue weighted by Crippen LogP contribution is -2.07. The number of hydrogen-bond acceptors (Lipinski definition) is 5. The Morgan fingerprint density at radius 3 is 2.46 bits per heavy atom. The van der Waals surface area contributed by atoms with E-state index < -0.39 is 9.84 Å². The van der Waals surface area contributed by atoms with Crippen LogP contribution in [-0.2, 0) is 14.6 Å². The van der Waals surface area contributed by atoms with Crippen LogP contribution in [-0.4, -0.2) is 24.9 Å². The molecule has 4 nitrogen and oxygen atoms in total. The van der Waals surface area contributed by atoms with E-state index in [2.05, 4.69) is 22.8 Å². The van der Waals surface area contributed by atoms with Crippen molar-refractivity contribution in [2.75, 3.05) is 6.26 Å². The van der Waals surface area contributed by atoms with Gasteiger partial charge < -0.3 is 0 Å². The number of aromatic nitrogens is 2. The first kappa shape index (κ1) is 17.3. The summed E-state index contributed by atoms with van der Waals surface area (Å²) in [5, 5.41) is 7.38. The number of thiol groups is 1. The SMILES string of the molecule is CC(C)(S)c1cc(-c2ccc(-c3cccc(S(C)(=O)=O)c3)s2)n[nH]1. The lowest BCUT2D eigenvalue weighted by atomic mass is 10.1. The zero-order chi connectivity index (χ0) is 17.5. The summed E-state index contributed by atoms with van der Waals surface area (Å²) in [5.41, 5.74) is 2.71. The van der Waals surface area contributed by atoms with E-state index in [0.717, 1.165) is 26.7 Å². The van der Waals surface area contributed by atoms with Crippen LogP contribution < -0.4 is 0 Å². The zero-order valence-electron chi connectivity index (χ0n) is 13.6. The Labute approximate surface area is 151 Å². The van der Waals surface area contributed by atoms with Gasteiger partial charge >= 0.3 is 0 Å². The van der Waals surface area contributed by atoms with Crippen LogP contribution in [0.4, 0.5) is 0 Å². The quantitative estimate of drug-likeness (QED) is 0.663. The minimum Gasteiger partial charge on any atom is -0.281 e. The molecule has 0 saturated heterocycles. The highest BCUT2D eigenvalue weighted by molar-refractivity contribution is 7.90. The van der Waals surface area contributed by atoms with Crippen LogP contribution in [0, 0.1) is 0 Å². The van der Waals surface area contributed by atoms with E-state index in [9.17, 15) is 8.42 Å². The third kappa shape index (κ3) is 3.58. The van der Waals surface area contributed by atoms with Crippen molar-refractivity contribution in [2.24, 2.45) is 0 Å². The number of rotatable bonds is 4. The van der Waals surface area contributed by atoms with Gasteiger partial charge in [-0.05, 0) is 49.7 Å². The molecule has 0 amide bonds. The Kier molecular flexibility index (Phi) is 4.36. The maximum absolute atomic E-state index is 11.7. The van der Waals surface area contributed by atoms with Crippen molar-refractivity contribution in [3.8, 4) is 21.0 Å². The first-order valence-electron chi connectivity index (χ1n) is 7.33. The van der Waals surface area contributed by atoms with Gasteiger partial charge in [-0.25, -0.2) is 8.42 Å². The molecule has 0 unspecified atom stereocenters. The number of benzene rings is 1. The van der Waals surface area contributed by atoms with Crippen molar-refractivity contribution >= 4 is 33.8 Å². The topological polar surface area (TPSA) is 62.8 Å². The van der Waals surface area contributed by atoms with Gasteiger partial charge in [0.2, 0.25) is 0 Å². The fourth-order valence-electron chi connectivity index (χ4n) is 2.27. The number of thiophene rings is 1. The molecule has 7 heteroatoms. The Balaban J connectivity index is 1.96. The fourth-order valence-corrected chi connectivity index (χ4v) is 4.02. The molecule has 0 aliphatic carbocycles. The first-order chi connectivity index (χ1) is 11.1. The van der Waals surface area contributed by atoms with Gasteiger partial charge in [0, 0.05) is 15.9 Å². The van der Waals surface area contributed by atoms with Crippen molar-refractivity contribution < 1.29 is 8.42 Å². The fraction of sp³-hybridized carbons (Fsp3) is 0.235. The molecule has 0 aliphatic rings. The van der Waals surface area contributed by atoms with Gasteiger partial charge in [-0.15, -0.1) is 11.3 Å². The van der Waals surface area contributed by atoms with E-state index in [1.807, 2.05) is 38.1 Å². The van der Waals surface area contributed by atoms with Crippen LogP contribution in [0.1, 0.15) is 19.5 Å². The van der Waals surface area contributed by atoms with Crippen LogP contribution in [0.15, 0.2) is 47.4 Å². The van der Waals surface area contributed by atoms with E-state index in [0.29, 0.717) is 4.90 Å². The summed E-state index contributed by atoms with van der Waals surface area (Å²) in [6.07, 6.45) is 1.22. The molecule has 3 aromatic rings.